The van der Waals surface area contributed by atoms with Crippen molar-refractivity contribution in [2.45, 2.75) is 105 Å². The lowest BCUT2D eigenvalue weighted by Crippen LogP contribution is -2.36. The highest BCUT2D eigenvalue weighted by atomic mass is 16.7. The summed E-state index contributed by atoms with van der Waals surface area (Å²) >= 11 is 0. The third kappa shape index (κ3) is 12.4. The number of allylic oxidation sites excluding steroid dienone is 1. The predicted octanol–water partition coefficient (Wildman–Crippen LogP) is 4.77. The van der Waals surface area contributed by atoms with Gasteiger partial charge in [0.2, 0.25) is 0 Å². The van der Waals surface area contributed by atoms with E-state index in [1.54, 1.807) is 6.08 Å². The summed E-state index contributed by atoms with van der Waals surface area (Å²) in [5, 5.41) is 20.1. The Labute approximate surface area is 172 Å². The average molecular weight is 399 g/mol. The molecule has 5 nitrogen and oxygen atoms in total. The van der Waals surface area contributed by atoms with Crippen LogP contribution in [0.5, 0.6) is 0 Å². The van der Waals surface area contributed by atoms with Crippen LogP contribution in [0.1, 0.15) is 87.0 Å². The molecule has 1 atom stereocenters. The van der Waals surface area contributed by atoms with E-state index in [0.29, 0.717) is 12.2 Å². The quantitative estimate of drug-likeness (QED) is 0.267. The van der Waals surface area contributed by atoms with Gasteiger partial charge in [-0.1, -0.05) is 25.2 Å². The van der Waals surface area contributed by atoms with Gasteiger partial charge in [-0.25, -0.2) is 0 Å². The second-order valence-corrected chi connectivity index (χ2v) is 7.99. The maximum atomic E-state index is 10.0. The summed E-state index contributed by atoms with van der Waals surface area (Å²) in [6, 6.07) is 0. The summed E-state index contributed by atoms with van der Waals surface area (Å²) in [5.41, 5.74) is -0.365. The molecule has 1 aliphatic rings. The number of rotatable bonds is 8. The summed E-state index contributed by atoms with van der Waals surface area (Å²) in [6.45, 7) is 15.3. The van der Waals surface area contributed by atoms with Crippen LogP contribution in [0.15, 0.2) is 11.8 Å². The monoisotopic (exact) mass is 398 g/mol. The highest BCUT2D eigenvalue weighted by Crippen LogP contribution is 2.40. The zero-order chi connectivity index (χ0) is 21.6. The molecule has 1 fully saturated rings. The minimum absolute atomic E-state index is 0.0370. The number of hydrogen-bond donors (Lipinski definition) is 2. The molecular formula is C23H42O5. The Morgan fingerprint density at radius 2 is 1.79 bits per heavy atom. The Kier molecular flexibility index (Phi) is 13.5. The van der Waals surface area contributed by atoms with Crippen LogP contribution in [0, 0.1) is 17.8 Å². The van der Waals surface area contributed by atoms with Gasteiger partial charge in [0.15, 0.2) is 12.1 Å². The predicted molar refractivity (Wildman–Crippen MR) is 113 cm³/mol. The average Bonchev–Trinajstić information content (AvgIpc) is 2.93. The van der Waals surface area contributed by atoms with E-state index in [1.165, 1.54) is 0 Å². The van der Waals surface area contributed by atoms with Gasteiger partial charge >= 0.3 is 0 Å². The van der Waals surface area contributed by atoms with Gasteiger partial charge in [0, 0.05) is 32.1 Å². The van der Waals surface area contributed by atoms with Crippen molar-refractivity contribution in [1.82, 2.24) is 0 Å². The van der Waals surface area contributed by atoms with Crippen LogP contribution in [0.3, 0.4) is 0 Å². The minimum Gasteiger partial charge on any atom is -0.491 e. The SMILES string of the molecule is CCCCC#C/C=C(\OC(C)(C)C)C1CCCC1(O)O.CCOC(C)OCC. The first-order chi connectivity index (χ1) is 13.1. The molecule has 0 spiro atoms. The molecule has 28 heavy (non-hydrogen) atoms. The summed E-state index contributed by atoms with van der Waals surface area (Å²) in [5.74, 6) is 4.65. The normalized spacial score (nSPS) is 18.9. The fourth-order valence-corrected chi connectivity index (χ4v) is 2.87. The van der Waals surface area contributed by atoms with Crippen molar-refractivity contribution in [3.8, 4) is 11.8 Å². The van der Waals surface area contributed by atoms with Crippen molar-refractivity contribution in [2.75, 3.05) is 13.2 Å². The molecule has 1 saturated carbocycles. The van der Waals surface area contributed by atoms with Gasteiger partial charge in [-0.15, -0.1) is 0 Å². The molecule has 0 aromatic heterocycles. The molecule has 0 amide bonds. The van der Waals surface area contributed by atoms with E-state index >= 15 is 0 Å². The third-order valence-corrected chi connectivity index (χ3v) is 4.14. The topological polar surface area (TPSA) is 68.2 Å². The molecule has 0 bridgehead atoms. The molecule has 2 N–H and O–H groups in total. The van der Waals surface area contributed by atoms with Crippen LogP contribution in [0.4, 0.5) is 0 Å². The van der Waals surface area contributed by atoms with Crippen LogP contribution >= 0.6 is 0 Å². The minimum atomic E-state index is -1.66. The van der Waals surface area contributed by atoms with Crippen molar-refractivity contribution in [3.63, 3.8) is 0 Å². The van der Waals surface area contributed by atoms with E-state index in [0.717, 1.165) is 45.3 Å². The molecule has 5 heteroatoms. The maximum absolute atomic E-state index is 10.0. The lowest BCUT2D eigenvalue weighted by atomic mass is 9.99. The molecular weight excluding hydrogens is 356 g/mol. The Morgan fingerprint density at radius 3 is 2.21 bits per heavy atom. The van der Waals surface area contributed by atoms with Crippen LogP contribution in [-0.4, -0.2) is 41.1 Å². The van der Waals surface area contributed by atoms with Gasteiger partial charge in [0.1, 0.15) is 11.4 Å². The third-order valence-electron chi connectivity index (χ3n) is 4.14. The van der Waals surface area contributed by atoms with Gasteiger partial charge in [0.25, 0.3) is 0 Å². The zero-order valence-corrected chi connectivity index (χ0v) is 19.0. The summed E-state index contributed by atoms with van der Waals surface area (Å²) in [6.07, 6.45) is 6.68. The van der Waals surface area contributed by atoms with Crippen molar-refractivity contribution < 1.29 is 24.4 Å². The molecule has 0 aromatic carbocycles. The number of ether oxygens (including phenoxy) is 3. The van der Waals surface area contributed by atoms with Crippen LogP contribution < -0.4 is 0 Å². The summed E-state index contributed by atoms with van der Waals surface area (Å²) in [4.78, 5) is 0. The number of unbranched alkanes of at least 4 members (excludes halogenated alkanes) is 2. The van der Waals surface area contributed by atoms with Gasteiger partial charge in [-0.3, -0.25) is 0 Å². The lowest BCUT2D eigenvalue weighted by Gasteiger charge is -2.31. The van der Waals surface area contributed by atoms with E-state index < -0.39 is 5.79 Å². The molecule has 0 heterocycles. The fraction of sp³-hybridized carbons (Fsp3) is 0.826. The van der Waals surface area contributed by atoms with Gasteiger partial charge in [-0.2, -0.15) is 0 Å². The first-order valence-electron chi connectivity index (χ1n) is 10.6. The second kappa shape index (κ2) is 14.0. The Hall–Kier alpha value is -1.06. The summed E-state index contributed by atoms with van der Waals surface area (Å²) < 4.78 is 16.0. The van der Waals surface area contributed by atoms with E-state index in [2.05, 4.69) is 18.8 Å². The molecule has 164 valence electrons. The van der Waals surface area contributed by atoms with E-state index in [9.17, 15) is 10.2 Å². The molecule has 1 unspecified atom stereocenters. The fourth-order valence-electron chi connectivity index (χ4n) is 2.87. The maximum Gasteiger partial charge on any atom is 0.172 e. The molecule has 0 aromatic rings. The largest absolute Gasteiger partial charge is 0.491 e. The lowest BCUT2D eigenvalue weighted by molar-refractivity contribution is -0.187. The van der Waals surface area contributed by atoms with E-state index in [1.807, 2.05) is 41.5 Å². The molecule has 0 aliphatic heterocycles. The van der Waals surface area contributed by atoms with Gasteiger partial charge in [-0.05, 0) is 60.8 Å². The number of hydrogen-bond acceptors (Lipinski definition) is 5. The number of aliphatic hydroxyl groups is 2. The standard InChI is InChI=1S/C17H28O3.C6H14O2/c1-5-6-7-8-9-12-15(20-16(2,3)4)14-11-10-13-17(14,18)19;1-4-7-6(3)8-5-2/h12,14,18-19H,5-7,10-11,13H2,1-4H3;6H,4-5H2,1-3H3/b15-12-;. The second-order valence-electron chi connectivity index (χ2n) is 7.99. The van der Waals surface area contributed by atoms with Crippen molar-refractivity contribution in [1.29, 1.82) is 0 Å². The van der Waals surface area contributed by atoms with Gasteiger partial charge < -0.3 is 24.4 Å². The van der Waals surface area contributed by atoms with E-state index in [-0.39, 0.29) is 17.8 Å². The van der Waals surface area contributed by atoms with E-state index in [4.69, 9.17) is 14.2 Å². The summed E-state index contributed by atoms with van der Waals surface area (Å²) in [7, 11) is 0. The Bertz CT molecular complexity index is 487. The first-order valence-corrected chi connectivity index (χ1v) is 10.6. The van der Waals surface area contributed by atoms with Crippen molar-refractivity contribution in [2.24, 2.45) is 5.92 Å². The first kappa shape index (κ1) is 26.9. The van der Waals surface area contributed by atoms with Crippen LogP contribution in [0.2, 0.25) is 0 Å². The van der Waals surface area contributed by atoms with Crippen molar-refractivity contribution in [3.05, 3.63) is 11.8 Å². The zero-order valence-electron chi connectivity index (χ0n) is 19.0. The van der Waals surface area contributed by atoms with Gasteiger partial charge in [0.05, 0.1) is 5.92 Å². The molecule has 0 radical (unpaired) electrons. The van der Waals surface area contributed by atoms with Crippen molar-refractivity contribution >= 4 is 0 Å². The Balaban J connectivity index is 0.000000769. The smallest absolute Gasteiger partial charge is 0.172 e. The highest BCUT2D eigenvalue weighted by Gasteiger charge is 2.43. The van der Waals surface area contributed by atoms with Crippen LogP contribution in [-0.2, 0) is 14.2 Å². The molecule has 1 aliphatic carbocycles. The highest BCUT2D eigenvalue weighted by molar-refractivity contribution is 5.22. The molecule has 0 saturated heterocycles. The van der Waals surface area contributed by atoms with Crippen LogP contribution in [0.25, 0.3) is 0 Å². The Morgan fingerprint density at radius 1 is 1.18 bits per heavy atom. The molecule has 1 rings (SSSR count).